The van der Waals surface area contributed by atoms with E-state index in [0.29, 0.717) is 23.7 Å². The van der Waals surface area contributed by atoms with Crippen molar-refractivity contribution in [2.45, 2.75) is 24.8 Å². The van der Waals surface area contributed by atoms with E-state index in [0.717, 1.165) is 11.6 Å². The van der Waals surface area contributed by atoms with Crippen LogP contribution in [0.4, 0.5) is 5.69 Å². The third kappa shape index (κ3) is 5.63. The van der Waals surface area contributed by atoms with Gasteiger partial charge in [0.1, 0.15) is 0 Å². The summed E-state index contributed by atoms with van der Waals surface area (Å²) in [6.07, 6.45) is 0. The SMILES string of the molecule is Cc1ccc([N+](=O)[O-])cc1S(=O)(=O)N1CCN(CC(=O)NC(C)c2ccc(Cl)cc2)CC1. The number of hydrogen-bond donors (Lipinski definition) is 1. The average molecular weight is 481 g/mol. The number of nitro benzene ring substituents is 1. The number of halogens is 1. The fourth-order valence-electron chi connectivity index (χ4n) is 3.57. The standard InChI is InChI=1S/C21H25ClN4O5S/c1-15-3-8-19(26(28)29)13-20(15)32(30,31)25-11-9-24(10-12-25)14-21(27)23-16(2)17-4-6-18(22)7-5-17/h3-8,13,16H,9-12,14H2,1-2H3,(H,23,27). The van der Waals surface area contributed by atoms with Gasteiger partial charge >= 0.3 is 0 Å². The Morgan fingerprint density at radius 1 is 1.16 bits per heavy atom. The molecule has 172 valence electrons. The van der Waals surface area contributed by atoms with E-state index in [4.69, 9.17) is 11.6 Å². The molecule has 2 aromatic rings. The molecular weight excluding hydrogens is 456 g/mol. The van der Waals surface area contributed by atoms with E-state index in [-0.39, 0.29) is 42.2 Å². The van der Waals surface area contributed by atoms with Crippen LogP contribution in [0.15, 0.2) is 47.4 Å². The normalized spacial score (nSPS) is 16.5. The third-order valence-corrected chi connectivity index (χ3v) is 7.74. The minimum atomic E-state index is -3.87. The predicted octanol–water partition coefficient (Wildman–Crippen LogP) is 2.74. The first-order valence-corrected chi connectivity index (χ1v) is 11.9. The van der Waals surface area contributed by atoms with Crippen LogP contribution in [-0.4, -0.2) is 61.2 Å². The highest BCUT2D eigenvalue weighted by molar-refractivity contribution is 7.89. The zero-order chi connectivity index (χ0) is 23.5. The summed E-state index contributed by atoms with van der Waals surface area (Å²) in [4.78, 5) is 24.7. The van der Waals surface area contributed by atoms with Gasteiger partial charge in [-0.3, -0.25) is 19.8 Å². The number of nitrogens with zero attached hydrogens (tertiary/aromatic N) is 3. The number of amides is 1. The molecule has 2 aromatic carbocycles. The highest BCUT2D eigenvalue weighted by atomic mass is 35.5. The molecule has 1 N–H and O–H groups in total. The summed E-state index contributed by atoms with van der Waals surface area (Å²) < 4.78 is 27.4. The van der Waals surface area contributed by atoms with Crippen molar-refractivity contribution in [3.05, 3.63) is 68.7 Å². The van der Waals surface area contributed by atoms with Crippen molar-refractivity contribution in [2.24, 2.45) is 0 Å². The van der Waals surface area contributed by atoms with E-state index in [1.807, 2.05) is 24.0 Å². The van der Waals surface area contributed by atoms with Crippen LogP contribution in [0.1, 0.15) is 24.1 Å². The van der Waals surface area contributed by atoms with Crippen molar-refractivity contribution in [3.63, 3.8) is 0 Å². The van der Waals surface area contributed by atoms with Gasteiger partial charge in [-0.05, 0) is 37.1 Å². The van der Waals surface area contributed by atoms with Gasteiger partial charge < -0.3 is 5.32 Å². The molecule has 0 aliphatic carbocycles. The van der Waals surface area contributed by atoms with Crippen LogP contribution < -0.4 is 5.32 Å². The van der Waals surface area contributed by atoms with Gasteiger partial charge in [0, 0.05) is 43.3 Å². The Kier molecular flexibility index (Phi) is 7.50. The number of nitro groups is 1. The number of benzene rings is 2. The number of nitrogens with one attached hydrogen (secondary N) is 1. The molecule has 0 bridgehead atoms. The number of carbonyl (C=O) groups excluding carboxylic acids is 1. The lowest BCUT2D eigenvalue weighted by molar-refractivity contribution is -0.385. The Hall–Kier alpha value is -2.53. The van der Waals surface area contributed by atoms with Gasteiger partial charge in [0.25, 0.3) is 5.69 Å². The van der Waals surface area contributed by atoms with Gasteiger partial charge in [-0.25, -0.2) is 8.42 Å². The van der Waals surface area contributed by atoms with Crippen LogP contribution in [0.25, 0.3) is 0 Å². The minimum Gasteiger partial charge on any atom is -0.348 e. The Bertz CT molecular complexity index is 1100. The molecule has 0 aromatic heterocycles. The van der Waals surface area contributed by atoms with Crippen LogP contribution >= 0.6 is 11.6 Å². The van der Waals surface area contributed by atoms with E-state index in [9.17, 15) is 23.3 Å². The molecule has 1 aliphatic rings. The fourth-order valence-corrected chi connectivity index (χ4v) is 5.37. The van der Waals surface area contributed by atoms with Crippen molar-refractivity contribution in [1.29, 1.82) is 0 Å². The molecule has 1 saturated heterocycles. The van der Waals surface area contributed by atoms with Gasteiger partial charge in [0.05, 0.1) is 22.4 Å². The average Bonchev–Trinajstić information content (AvgIpc) is 2.74. The molecule has 1 unspecified atom stereocenters. The highest BCUT2D eigenvalue weighted by Gasteiger charge is 2.31. The number of piperazine rings is 1. The fraction of sp³-hybridized carbons (Fsp3) is 0.381. The maximum absolute atomic E-state index is 13.0. The second-order valence-corrected chi connectivity index (χ2v) is 10.1. The molecular formula is C21H25ClN4O5S. The molecule has 0 saturated carbocycles. The van der Waals surface area contributed by atoms with E-state index in [1.54, 1.807) is 19.1 Å². The van der Waals surface area contributed by atoms with E-state index in [1.165, 1.54) is 16.4 Å². The number of rotatable bonds is 7. The van der Waals surface area contributed by atoms with Crippen molar-refractivity contribution in [2.75, 3.05) is 32.7 Å². The number of aryl methyl sites for hydroxylation is 1. The maximum atomic E-state index is 13.0. The molecule has 1 amide bonds. The number of sulfonamides is 1. The molecule has 9 nitrogen and oxygen atoms in total. The molecule has 1 fully saturated rings. The van der Waals surface area contributed by atoms with Crippen LogP contribution in [0.5, 0.6) is 0 Å². The van der Waals surface area contributed by atoms with Crippen molar-refractivity contribution in [3.8, 4) is 0 Å². The van der Waals surface area contributed by atoms with Gasteiger partial charge in [-0.15, -0.1) is 0 Å². The van der Waals surface area contributed by atoms with Crippen LogP contribution in [0.2, 0.25) is 5.02 Å². The van der Waals surface area contributed by atoms with E-state index in [2.05, 4.69) is 5.32 Å². The summed E-state index contributed by atoms with van der Waals surface area (Å²) in [5, 5.41) is 14.6. The molecule has 0 spiro atoms. The van der Waals surface area contributed by atoms with Gasteiger partial charge in [-0.2, -0.15) is 4.31 Å². The van der Waals surface area contributed by atoms with Gasteiger partial charge in [-0.1, -0.05) is 29.8 Å². The Labute approximate surface area is 192 Å². The first-order chi connectivity index (χ1) is 15.1. The third-order valence-electron chi connectivity index (χ3n) is 5.45. The Morgan fingerprint density at radius 2 is 1.78 bits per heavy atom. The summed E-state index contributed by atoms with van der Waals surface area (Å²) in [7, 11) is -3.87. The molecule has 1 heterocycles. The summed E-state index contributed by atoms with van der Waals surface area (Å²) in [5.41, 5.74) is 1.12. The molecule has 32 heavy (non-hydrogen) atoms. The lowest BCUT2D eigenvalue weighted by atomic mass is 10.1. The van der Waals surface area contributed by atoms with Gasteiger partial charge in [0.2, 0.25) is 15.9 Å². The first kappa shape index (κ1) is 24.1. The highest BCUT2D eigenvalue weighted by Crippen LogP contribution is 2.25. The van der Waals surface area contributed by atoms with Crippen LogP contribution in [0.3, 0.4) is 0 Å². The molecule has 1 atom stereocenters. The Balaban J connectivity index is 1.57. The van der Waals surface area contributed by atoms with Crippen LogP contribution in [0, 0.1) is 17.0 Å². The monoisotopic (exact) mass is 480 g/mol. The topological polar surface area (TPSA) is 113 Å². The van der Waals surface area contributed by atoms with Crippen molar-refractivity contribution >= 4 is 33.2 Å². The zero-order valence-electron chi connectivity index (χ0n) is 17.8. The van der Waals surface area contributed by atoms with Crippen LogP contribution in [-0.2, 0) is 14.8 Å². The lowest BCUT2D eigenvalue weighted by Crippen LogP contribution is -2.51. The van der Waals surface area contributed by atoms with Gasteiger partial charge in [0.15, 0.2) is 0 Å². The second-order valence-electron chi connectivity index (χ2n) is 7.73. The minimum absolute atomic E-state index is 0.0605. The summed E-state index contributed by atoms with van der Waals surface area (Å²) in [5.74, 6) is -0.154. The molecule has 11 heteroatoms. The zero-order valence-corrected chi connectivity index (χ0v) is 19.4. The molecule has 1 aliphatic heterocycles. The summed E-state index contributed by atoms with van der Waals surface area (Å²) in [6, 6.07) is 10.9. The Morgan fingerprint density at radius 3 is 2.38 bits per heavy atom. The lowest BCUT2D eigenvalue weighted by Gasteiger charge is -2.34. The molecule has 0 radical (unpaired) electrons. The summed E-state index contributed by atoms with van der Waals surface area (Å²) >= 11 is 5.89. The van der Waals surface area contributed by atoms with Crippen molar-refractivity contribution < 1.29 is 18.1 Å². The largest absolute Gasteiger partial charge is 0.348 e. The maximum Gasteiger partial charge on any atom is 0.270 e. The van der Waals surface area contributed by atoms with E-state index >= 15 is 0 Å². The van der Waals surface area contributed by atoms with E-state index < -0.39 is 14.9 Å². The quantitative estimate of drug-likeness (QED) is 0.481. The van der Waals surface area contributed by atoms with Crippen molar-refractivity contribution in [1.82, 2.24) is 14.5 Å². The smallest absolute Gasteiger partial charge is 0.270 e. The number of carbonyl (C=O) groups is 1. The second kappa shape index (κ2) is 9.95. The first-order valence-electron chi connectivity index (χ1n) is 10.1. The number of non-ortho nitro benzene ring substituents is 1. The molecule has 3 rings (SSSR count). The number of hydrogen-bond acceptors (Lipinski definition) is 6. The summed E-state index contributed by atoms with van der Waals surface area (Å²) in [6.45, 7) is 4.81. The predicted molar refractivity (Wildman–Crippen MR) is 121 cm³/mol.